The summed E-state index contributed by atoms with van der Waals surface area (Å²) in [4.78, 5) is 23.3. The monoisotopic (exact) mass is 421 g/mol. The molecular weight excluding hydrogens is 398 g/mol. The highest BCUT2D eigenvalue weighted by Crippen LogP contribution is 2.15. The minimum atomic E-state index is -3.69. The van der Waals surface area contributed by atoms with Crippen LogP contribution < -0.4 is 20.5 Å². The van der Waals surface area contributed by atoms with Crippen LogP contribution in [0.5, 0.6) is 5.75 Å². The number of nitrogens with one attached hydrogen (secondary N) is 2. The molecule has 0 fully saturated rings. The standard InChI is InChI=1S/C19H23N3O6S/c1-13(11-27-2)22-29(25,26)17-8-6-15(7-9-17)21-18(23)12-28-16-5-3-4-14(10-16)19(20)24/h3-10,13,22H,11-12H2,1-2H3,(H2,20,24)(H,21,23). The zero-order valence-electron chi connectivity index (χ0n) is 16.0. The Labute approximate surface area is 169 Å². The van der Waals surface area contributed by atoms with Gasteiger partial charge in [0.1, 0.15) is 5.75 Å². The molecule has 0 heterocycles. The van der Waals surface area contributed by atoms with Crippen LogP contribution in [0.4, 0.5) is 5.69 Å². The molecule has 0 saturated heterocycles. The van der Waals surface area contributed by atoms with Gasteiger partial charge in [-0.1, -0.05) is 6.07 Å². The van der Waals surface area contributed by atoms with Crippen LogP contribution in [0.15, 0.2) is 53.4 Å². The van der Waals surface area contributed by atoms with Crippen LogP contribution in [0.1, 0.15) is 17.3 Å². The first-order valence-electron chi connectivity index (χ1n) is 8.65. The highest BCUT2D eigenvalue weighted by molar-refractivity contribution is 7.89. The Morgan fingerprint density at radius 3 is 2.45 bits per heavy atom. The second-order valence-corrected chi connectivity index (χ2v) is 7.94. The summed E-state index contributed by atoms with van der Waals surface area (Å²) >= 11 is 0. The van der Waals surface area contributed by atoms with Crippen molar-refractivity contribution < 1.29 is 27.5 Å². The van der Waals surface area contributed by atoms with Gasteiger partial charge in [0.2, 0.25) is 15.9 Å². The molecule has 2 aromatic rings. The molecule has 9 nitrogen and oxygen atoms in total. The van der Waals surface area contributed by atoms with Crippen LogP contribution in [0.2, 0.25) is 0 Å². The van der Waals surface area contributed by atoms with Crippen molar-refractivity contribution in [2.24, 2.45) is 5.73 Å². The minimum absolute atomic E-state index is 0.0676. The van der Waals surface area contributed by atoms with Crippen molar-refractivity contribution in [1.29, 1.82) is 0 Å². The molecule has 0 aromatic heterocycles. The van der Waals surface area contributed by atoms with E-state index in [1.165, 1.54) is 43.5 Å². The molecule has 0 bridgehead atoms. The maximum absolute atomic E-state index is 12.3. The third kappa shape index (κ3) is 6.86. The van der Waals surface area contributed by atoms with E-state index in [-0.39, 0.29) is 29.7 Å². The molecular formula is C19H23N3O6S. The van der Waals surface area contributed by atoms with E-state index in [0.717, 1.165) is 0 Å². The van der Waals surface area contributed by atoms with E-state index in [1.54, 1.807) is 19.1 Å². The number of benzene rings is 2. The van der Waals surface area contributed by atoms with Crippen molar-refractivity contribution in [2.45, 2.75) is 17.9 Å². The molecule has 0 spiro atoms. The quantitative estimate of drug-likeness (QED) is 0.526. The summed E-state index contributed by atoms with van der Waals surface area (Å²) in [6.45, 7) is 1.64. The van der Waals surface area contributed by atoms with Gasteiger partial charge >= 0.3 is 0 Å². The molecule has 2 rings (SSSR count). The minimum Gasteiger partial charge on any atom is -0.484 e. The molecule has 0 radical (unpaired) electrons. The van der Waals surface area contributed by atoms with E-state index in [4.69, 9.17) is 15.2 Å². The number of nitrogens with two attached hydrogens (primary N) is 1. The van der Waals surface area contributed by atoms with Gasteiger partial charge in [-0.2, -0.15) is 0 Å². The zero-order chi connectivity index (χ0) is 21.4. The Balaban J connectivity index is 1.93. The second-order valence-electron chi connectivity index (χ2n) is 6.23. The average molecular weight is 421 g/mol. The largest absolute Gasteiger partial charge is 0.484 e. The number of rotatable bonds is 10. The van der Waals surface area contributed by atoms with Gasteiger partial charge < -0.3 is 20.5 Å². The van der Waals surface area contributed by atoms with Crippen LogP contribution in [0.3, 0.4) is 0 Å². The number of amides is 2. The Kier molecular flexibility index (Phi) is 7.71. The van der Waals surface area contributed by atoms with Crippen molar-refractivity contribution >= 4 is 27.5 Å². The van der Waals surface area contributed by atoms with E-state index in [0.29, 0.717) is 11.4 Å². The highest BCUT2D eigenvalue weighted by atomic mass is 32.2. The van der Waals surface area contributed by atoms with Crippen LogP contribution >= 0.6 is 0 Å². The van der Waals surface area contributed by atoms with Gasteiger partial charge in [0.25, 0.3) is 5.91 Å². The van der Waals surface area contributed by atoms with Crippen molar-refractivity contribution in [3.8, 4) is 5.75 Å². The molecule has 0 saturated carbocycles. The molecule has 4 N–H and O–H groups in total. The van der Waals surface area contributed by atoms with E-state index in [1.807, 2.05) is 0 Å². The predicted octanol–water partition coefficient (Wildman–Crippen LogP) is 1.12. The van der Waals surface area contributed by atoms with E-state index >= 15 is 0 Å². The summed E-state index contributed by atoms with van der Waals surface area (Å²) in [5, 5.41) is 2.60. The molecule has 2 aromatic carbocycles. The number of hydrogen-bond acceptors (Lipinski definition) is 6. The first-order chi connectivity index (χ1) is 13.7. The van der Waals surface area contributed by atoms with Gasteiger partial charge in [-0.3, -0.25) is 9.59 Å². The Morgan fingerprint density at radius 2 is 1.83 bits per heavy atom. The Bertz CT molecular complexity index is 960. The number of ether oxygens (including phenoxy) is 2. The number of carbonyl (C=O) groups is 2. The van der Waals surface area contributed by atoms with Crippen molar-refractivity contribution in [2.75, 3.05) is 25.6 Å². The van der Waals surface area contributed by atoms with E-state index < -0.39 is 21.8 Å². The Hall–Kier alpha value is -2.95. The molecule has 1 unspecified atom stereocenters. The summed E-state index contributed by atoms with van der Waals surface area (Å²) in [7, 11) is -2.20. The van der Waals surface area contributed by atoms with Gasteiger partial charge in [-0.25, -0.2) is 13.1 Å². The lowest BCUT2D eigenvalue weighted by Gasteiger charge is -2.13. The number of sulfonamides is 1. The normalized spacial score (nSPS) is 12.2. The van der Waals surface area contributed by atoms with Crippen LogP contribution in [0.25, 0.3) is 0 Å². The third-order valence-electron chi connectivity index (χ3n) is 3.71. The maximum Gasteiger partial charge on any atom is 0.262 e. The predicted molar refractivity (Wildman–Crippen MR) is 107 cm³/mol. The lowest BCUT2D eigenvalue weighted by Crippen LogP contribution is -2.35. The molecule has 0 aliphatic carbocycles. The summed E-state index contributed by atoms with van der Waals surface area (Å²) in [5.74, 6) is -0.716. The molecule has 29 heavy (non-hydrogen) atoms. The topological polar surface area (TPSA) is 137 Å². The van der Waals surface area contributed by atoms with E-state index in [9.17, 15) is 18.0 Å². The highest BCUT2D eigenvalue weighted by Gasteiger charge is 2.17. The number of carbonyl (C=O) groups excluding carboxylic acids is 2. The molecule has 156 valence electrons. The van der Waals surface area contributed by atoms with Crippen LogP contribution in [0, 0.1) is 0 Å². The molecule has 0 aliphatic heterocycles. The molecule has 1 atom stereocenters. The van der Waals surface area contributed by atoms with E-state index in [2.05, 4.69) is 10.0 Å². The fourth-order valence-corrected chi connectivity index (χ4v) is 3.65. The third-order valence-corrected chi connectivity index (χ3v) is 5.32. The lowest BCUT2D eigenvalue weighted by atomic mass is 10.2. The molecule has 0 aliphatic rings. The fraction of sp³-hybridized carbons (Fsp3) is 0.263. The lowest BCUT2D eigenvalue weighted by molar-refractivity contribution is -0.118. The van der Waals surface area contributed by atoms with Crippen molar-refractivity contribution in [1.82, 2.24) is 4.72 Å². The number of anilines is 1. The van der Waals surface area contributed by atoms with Gasteiger partial charge in [0, 0.05) is 24.4 Å². The number of hydrogen-bond donors (Lipinski definition) is 3. The SMILES string of the molecule is COCC(C)NS(=O)(=O)c1ccc(NC(=O)COc2cccc(C(N)=O)c2)cc1. The van der Waals surface area contributed by atoms with Crippen LogP contribution in [-0.4, -0.2) is 46.6 Å². The van der Waals surface area contributed by atoms with Gasteiger partial charge in [0.15, 0.2) is 6.61 Å². The van der Waals surface area contributed by atoms with Gasteiger partial charge in [-0.15, -0.1) is 0 Å². The van der Waals surface area contributed by atoms with Crippen molar-refractivity contribution in [3.05, 3.63) is 54.1 Å². The zero-order valence-corrected chi connectivity index (χ0v) is 16.9. The molecule has 10 heteroatoms. The van der Waals surface area contributed by atoms with Crippen molar-refractivity contribution in [3.63, 3.8) is 0 Å². The summed E-state index contributed by atoms with van der Waals surface area (Å²) in [6, 6.07) is 11.5. The summed E-state index contributed by atoms with van der Waals surface area (Å²) in [5.41, 5.74) is 5.88. The second kappa shape index (κ2) is 10.0. The maximum atomic E-state index is 12.3. The Morgan fingerprint density at radius 1 is 1.14 bits per heavy atom. The average Bonchev–Trinajstić information content (AvgIpc) is 2.67. The molecule has 2 amide bonds. The first-order valence-corrected chi connectivity index (χ1v) is 10.1. The smallest absolute Gasteiger partial charge is 0.262 e. The van der Waals surface area contributed by atoms with Crippen LogP contribution in [-0.2, 0) is 19.6 Å². The summed E-state index contributed by atoms with van der Waals surface area (Å²) < 4.78 is 37.3. The fourth-order valence-electron chi connectivity index (χ4n) is 2.42. The number of methoxy groups -OCH3 is 1. The first kappa shape index (κ1) is 22.3. The van der Waals surface area contributed by atoms with Gasteiger partial charge in [-0.05, 0) is 49.4 Å². The number of primary amides is 1. The summed E-state index contributed by atoms with van der Waals surface area (Å²) in [6.07, 6.45) is 0. The van der Waals surface area contributed by atoms with Gasteiger partial charge in [0.05, 0.1) is 11.5 Å².